The normalized spacial score (nSPS) is 16.0. The van der Waals surface area contributed by atoms with Gasteiger partial charge in [0.25, 0.3) is 6.36 Å². The van der Waals surface area contributed by atoms with Gasteiger partial charge in [0.05, 0.1) is 6.61 Å². The van der Waals surface area contributed by atoms with E-state index in [-0.39, 0.29) is 0 Å². The fourth-order valence-corrected chi connectivity index (χ4v) is 2.14. The van der Waals surface area contributed by atoms with E-state index < -0.39 is 61.8 Å². The lowest BCUT2D eigenvalue weighted by molar-refractivity contribution is -0.446. The lowest BCUT2D eigenvalue weighted by atomic mass is 10.3. The molecule has 0 saturated heterocycles. The summed E-state index contributed by atoms with van der Waals surface area (Å²) in [5.74, 6) is 0.774. The van der Waals surface area contributed by atoms with Crippen molar-refractivity contribution in [2.45, 2.75) is 29.8 Å². The quantitative estimate of drug-likeness (QED) is 0.212. The van der Waals surface area contributed by atoms with Gasteiger partial charge in [-0.25, -0.2) is 20.7 Å². The monoisotopic (exact) mass is 454 g/mol. The standard InChI is InChI=1S/C7H9F10N2O5PS/c8-3(22-7(16,17)5(11,12)6(13,14)15)4(9,10)26-2-1-21-25(20,23-18)24-19/h3H,1-2,18-19H2. The number of alkyl halides is 10. The first-order chi connectivity index (χ1) is 11.5. The van der Waals surface area contributed by atoms with Crippen LogP contribution in [0.5, 0.6) is 0 Å². The van der Waals surface area contributed by atoms with Crippen LogP contribution in [0.3, 0.4) is 0 Å². The molecule has 4 N–H and O–H groups in total. The van der Waals surface area contributed by atoms with Crippen LogP contribution < -0.4 is 11.8 Å². The second kappa shape index (κ2) is 8.76. The number of nitrogens with two attached hydrogens (primary N) is 2. The van der Waals surface area contributed by atoms with E-state index in [1.165, 1.54) is 0 Å². The maximum atomic E-state index is 13.2. The lowest BCUT2D eigenvalue weighted by Crippen LogP contribution is -2.55. The third-order valence-corrected chi connectivity index (χ3v) is 4.08. The Morgan fingerprint density at radius 1 is 0.962 bits per heavy atom. The average molecular weight is 454 g/mol. The zero-order valence-corrected chi connectivity index (χ0v) is 13.5. The van der Waals surface area contributed by atoms with Gasteiger partial charge in [0.1, 0.15) is 0 Å². The van der Waals surface area contributed by atoms with Gasteiger partial charge in [-0.3, -0.25) is 9.26 Å². The number of phosphoric acid groups is 1. The van der Waals surface area contributed by atoms with Crippen molar-refractivity contribution in [2.24, 2.45) is 11.8 Å². The molecule has 0 amide bonds. The molecule has 0 spiro atoms. The molecule has 0 heterocycles. The second-order valence-corrected chi connectivity index (χ2v) is 6.74. The summed E-state index contributed by atoms with van der Waals surface area (Å²) in [7, 11) is -4.53. The van der Waals surface area contributed by atoms with E-state index in [9.17, 15) is 48.5 Å². The highest BCUT2D eigenvalue weighted by molar-refractivity contribution is 8.00. The Morgan fingerprint density at radius 2 is 1.42 bits per heavy atom. The van der Waals surface area contributed by atoms with Crippen molar-refractivity contribution in [1.82, 2.24) is 0 Å². The van der Waals surface area contributed by atoms with Gasteiger partial charge in [0.15, 0.2) is 0 Å². The summed E-state index contributed by atoms with van der Waals surface area (Å²) in [6.45, 7) is -1.03. The van der Waals surface area contributed by atoms with Crippen molar-refractivity contribution in [2.75, 3.05) is 12.4 Å². The molecule has 158 valence electrons. The first kappa shape index (κ1) is 25.6. The van der Waals surface area contributed by atoms with E-state index in [2.05, 4.69) is 30.3 Å². The van der Waals surface area contributed by atoms with Gasteiger partial charge in [-0.1, -0.05) is 11.8 Å². The fraction of sp³-hybridized carbons (Fsp3) is 1.00. The van der Waals surface area contributed by atoms with Crippen molar-refractivity contribution in [1.29, 1.82) is 0 Å². The summed E-state index contributed by atoms with van der Waals surface area (Å²) in [5.41, 5.74) is 0. The molecule has 0 saturated carbocycles. The summed E-state index contributed by atoms with van der Waals surface area (Å²) in [6, 6.07) is 0. The molecule has 7 nitrogen and oxygen atoms in total. The molecule has 26 heavy (non-hydrogen) atoms. The largest absolute Gasteiger partial charge is 0.507 e. The van der Waals surface area contributed by atoms with Crippen LogP contribution in [0.4, 0.5) is 43.9 Å². The maximum absolute atomic E-state index is 13.2. The van der Waals surface area contributed by atoms with Crippen LogP contribution in [0.1, 0.15) is 0 Å². The molecule has 1 atom stereocenters. The predicted molar refractivity (Wildman–Crippen MR) is 63.4 cm³/mol. The van der Waals surface area contributed by atoms with Crippen LogP contribution in [0, 0.1) is 0 Å². The molecule has 0 aromatic carbocycles. The topological polar surface area (TPSA) is 106 Å². The Labute approximate surface area is 141 Å². The first-order valence-corrected chi connectivity index (χ1v) is 8.08. The molecule has 0 radical (unpaired) electrons. The van der Waals surface area contributed by atoms with Crippen molar-refractivity contribution < 1.29 is 67.0 Å². The van der Waals surface area contributed by atoms with Gasteiger partial charge in [-0.05, 0) is 0 Å². The summed E-state index contributed by atoms with van der Waals surface area (Å²) < 4.78 is 150. The molecule has 0 fully saturated rings. The maximum Gasteiger partial charge on any atom is 0.507 e. The molecule has 19 heteroatoms. The Bertz CT molecular complexity index is 501. The van der Waals surface area contributed by atoms with Crippen molar-refractivity contribution in [3.8, 4) is 0 Å². The van der Waals surface area contributed by atoms with Crippen LogP contribution in [0.2, 0.25) is 0 Å². The molecule has 1 unspecified atom stereocenters. The van der Waals surface area contributed by atoms with E-state index in [4.69, 9.17) is 0 Å². The van der Waals surface area contributed by atoms with Crippen molar-refractivity contribution in [3.05, 3.63) is 0 Å². The molecular formula is C7H9F10N2O5PS. The van der Waals surface area contributed by atoms with E-state index in [0.717, 1.165) is 0 Å². The fourth-order valence-electron chi connectivity index (χ4n) is 0.916. The molecule has 0 aliphatic rings. The molecule has 0 bridgehead atoms. The number of hydrogen-bond acceptors (Lipinski definition) is 8. The Morgan fingerprint density at radius 3 is 1.81 bits per heavy atom. The van der Waals surface area contributed by atoms with Crippen LogP contribution in [0.15, 0.2) is 0 Å². The van der Waals surface area contributed by atoms with Gasteiger partial charge < -0.3 is 0 Å². The van der Waals surface area contributed by atoms with Gasteiger partial charge in [-0.2, -0.15) is 48.8 Å². The Kier molecular flexibility index (Phi) is 8.64. The Hall–Kier alpha value is -0.360. The molecule has 0 aliphatic carbocycles. The zero-order valence-electron chi connectivity index (χ0n) is 11.8. The van der Waals surface area contributed by atoms with Crippen LogP contribution in [-0.2, 0) is 23.1 Å². The smallest absolute Gasteiger partial charge is 0.284 e. The summed E-state index contributed by atoms with van der Waals surface area (Å²) in [5, 5.41) is -5.04. The minimum Gasteiger partial charge on any atom is -0.284 e. The summed E-state index contributed by atoms with van der Waals surface area (Å²) in [4.78, 5) is 0. The van der Waals surface area contributed by atoms with Gasteiger partial charge in [-0.15, -0.1) is 0 Å². The van der Waals surface area contributed by atoms with Crippen molar-refractivity contribution in [3.63, 3.8) is 0 Å². The highest BCUT2D eigenvalue weighted by Crippen LogP contribution is 2.50. The number of hydrogen-bond donors (Lipinski definition) is 2. The van der Waals surface area contributed by atoms with Gasteiger partial charge in [0, 0.05) is 5.75 Å². The SMILES string of the molecule is NOP(=O)(ON)OCCSC(F)(F)C(F)OC(F)(F)C(F)(F)C(F)(F)F. The zero-order chi connectivity index (χ0) is 21.0. The molecule has 0 aromatic rings. The van der Waals surface area contributed by atoms with E-state index in [1.54, 1.807) is 0 Å². The number of rotatable bonds is 11. The van der Waals surface area contributed by atoms with Gasteiger partial charge >= 0.3 is 31.3 Å². The highest BCUT2D eigenvalue weighted by atomic mass is 32.2. The highest BCUT2D eigenvalue weighted by Gasteiger charge is 2.75. The third kappa shape index (κ3) is 6.36. The molecule has 0 aromatic heterocycles. The molecular weight excluding hydrogens is 445 g/mol. The van der Waals surface area contributed by atoms with Crippen LogP contribution in [0.25, 0.3) is 0 Å². The molecule has 0 aliphatic heterocycles. The van der Waals surface area contributed by atoms with Crippen LogP contribution >= 0.6 is 19.6 Å². The second-order valence-electron chi connectivity index (χ2n) is 3.92. The van der Waals surface area contributed by atoms with E-state index in [0.29, 0.717) is 0 Å². The summed E-state index contributed by atoms with van der Waals surface area (Å²) in [6.07, 6.45) is -18.1. The average Bonchev–Trinajstić information content (AvgIpc) is 2.49. The number of thioether (sulfide) groups is 1. The first-order valence-electron chi connectivity index (χ1n) is 5.63. The van der Waals surface area contributed by atoms with Crippen LogP contribution in [-0.4, -0.2) is 42.2 Å². The number of halogens is 10. The predicted octanol–water partition coefficient (Wildman–Crippen LogP) is 3.32. The van der Waals surface area contributed by atoms with Gasteiger partial charge in [0.2, 0.25) is 0 Å². The molecule has 0 rings (SSSR count). The van der Waals surface area contributed by atoms with Crippen molar-refractivity contribution >= 4 is 19.6 Å². The Balaban J connectivity index is 4.82. The van der Waals surface area contributed by atoms with E-state index in [1.807, 2.05) is 0 Å². The van der Waals surface area contributed by atoms with E-state index >= 15 is 0 Å². The minimum absolute atomic E-state index is 0.924. The minimum atomic E-state index is -6.95. The summed E-state index contributed by atoms with van der Waals surface area (Å²) >= 11 is -0.924. The lowest BCUT2D eigenvalue weighted by Gasteiger charge is -2.30. The third-order valence-electron chi connectivity index (χ3n) is 2.12. The number of ether oxygens (including phenoxy) is 1.